The molecule has 0 saturated heterocycles. The van der Waals surface area contributed by atoms with E-state index in [2.05, 4.69) is 15.3 Å². The number of nitrogens with two attached hydrogens (primary N) is 1. The monoisotopic (exact) mass is 359 g/mol. The third kappa shape index (κ3) is 2.95. The fourth-order valence-corrected chi connectivity index (χ4v) is 2.53. The van der Waals surface area contributed by atoms with E-state index in [0.29, 0.717) is 39.5 Å². The molecule has 6 nitrogen and oxygen atoms in total. The molecule has 1 heterocycles. The van der Waals surface area contributed by atoms with E-state index in [1.807, 2.05) is 22.6 Å². The second kappa shape index (κ2) is 5.59. The van der Waals surface area contributed by atoms with Gasteiger partial charge in [-0.05, 0) is 35.4 Å². The van der Waals surface area contributed by atoms with Gasteiger partial charge in [0.15, 0.2) is 0 Å². The first-order chi connectivity index (χ1) is 8.58. The van der Waals surface area contributed by atoms with Crippen molar-refractivity contribution in [2.24, 2.45) is 0 Å². The van der Waals surface area contributed by atoms with Crippen molar-refractivity contribution in [3.8, 4) is 0 Å². The van der Waals surface area contributed by atoms with E-state index in [9.17, 15) is 4.79 Å². The Bertz CT molecular complexity index is 480. The molecule has 0 bridgehead atoms. The first-order valence-electron chi connectivity index (χ1n) is 5.71. The molecule has 0 aliphatic heterocycles. The van der Waals surface area contributed by atoms with Crippen LogP contribution < -0.4 is 11.1 Å². The van der Waals surface area contributed by atoms with E-state index in [1.54, 1.807) is 0 Å². The zero-order chi connectivity index (χ0) is 13.1. The van der Waals surface area contributed by atoms with Gasteiger partial charge in [-0.2, -0.15) is 0 Å². The lowest BCUT2D eigenvalue weighted by Gasteiger charge is -2.23. The summed E-state index contributed by atoms with van der Waals surface area (Å²) < 4.78 is 0.306. The Hall–Kier alpha value is -1.25. The topological polar surface area (TPSA) is 105 Å². The van der Waals surface area contributed by atoms with Crippen molar-refractivity contribution in [3.63, 3.8) is 0 Å². The lowest BCUT2D eigenvalue weighted by molar-refractivity contribution is -0.120. The number of nitrogen functional groups attached to an aromatic ring is 1. The van der Waals surface area contributed by atoms with Crippen molar-refractivity contribution in [1.29, 1.82) is 5.41 Å². The average Bonchev–Trinajstić information content (AvgIpc) is 2.32. The van der Waals surface area contributed by atoms with Gasteiger partial charge < -0.3 is 11.1 Å². The second-order valence-electron chi connectivity index (χ2n) is 4.25. The molecule has 0 spiro atoms. The van der Waals surface area contributed by atoms with Crippen molar-refractivity contribution in [1.82, 2.24) is 9.97 Å². The maximum Gasteiger partial charge on any atom is 0.141 e. The van der Waals surface area contributed by atoms with Gasteiger partial charge in [0.2, 0.25) is 0 Å². The molecule has 2 rings (SSSR count). The van der Waals surface area contributed by atoms with E-state index in [4.69, 9.17) is 11.1 Å². The van der Waals surface area contributed by atoms with Crippen LogP contribution in [0.5, 0.6) is 0 Å². The minimum atomic E-state index is 0.214. The van der Waals surface area contributed by atoms with Gasteiger partial charge in [0, 0.05) is 18.9 Å². The van der Waals surface area contributed by atoms with Gasteiger partial charge in [-0.3, -0.25) is 10.2 Å². The molecule has 96 valence electrons. The Balaban J connectivity index is 2.16. The number of halogens is 1. The van der Waals surface area contributed by atoms with Crippen molar-refractivity contribution < 1.29 is 4.79 Å². The van der Waals surface area contributed by atoms with Gasteiger partial charge in [0.25, 0.3) is 0 Å². The third-order valence-electron chi connectivity index (χ3n) is 2.98. The van der Waals surface area contributed by atoms with Crippen LogP contribution in [0.15, 0.2) is 6.33 Å². The summed E-state index contributed by atoms with van der Waals surface area (Å²) in [7, 11) is 0. The zero-order valence-corrected chi connectivity index (χ0v) is 11.9. The minimum Gasteiger partial charge on any atom is -0.383 e. The Morgan fingerprint density at radius 1 is 1.44 bits per heavy atom. The fourth-order valence-electron chi connectivity index (χ4n) is 2.00. The van der Waals surface area contributed by atoms with Crippen LogP contribution in [0.25, 0.3) is 0 Å². The van der Waals surface area contributed by atoms with Crippen molar-refractivity contribution in [2.75, 3.05) is 11.1 Å². The van der Waals surface area contributed by atoms with Gasteiger partial charge in [-0.25, -0.2) is 9.97 Å². The first kappa shape index (κ1) is 13.2. The number of rotatable bonds is 3. The molecule has 18 heavy (non-hydrogen) atoms. The number of Topliss-reactive ketones (excluding diaryl/α,β-unsaturated/α-hetero) is 1. The molecule has 1 aromatic heterocycles. The van der Waals surface area contributed by atoms with Gasteiger partial charge in [0.1, 0.15) is 27.5 Å². The predicted molar refractivity (Wildman–Crippen MR) is 78.2 cm³/mol. The summed E-state index contributed by atoms with van der Waals surface area (Å²) in [5, 5.41) is 11.0. The highest BCUT2D eigenvalue weighted by molar-refractivity contribution is 14.1. The number of anilines is 2. The van der Waals surface area contributed by atoms with Crippen molar-refractivity contribution in [3.05, 3.63) is 11.9 Å². The number of hydrogen-bond acceptors (Lipinski definition) is 6. The Kier molecular flexibility index (Phi) is 4.10. The number of carbonyl (C=O) groups excluding carboxylic acids is 1. The normalized spacial score (nSPS) is 16.6. The van der Waals surface area contributed by atoms with Crippen LogP contribution in [0, 0.1) is 5.41 Å². The van der Waals surface area contributed by atoms with Crippen molar-refractivity contribution >= 4 is 43.7 Å². The quantitative estimate of drug-likeness (QED) is 0.563. The number of nitrogens with zero attached hydrogens (tertiary/aromatic N) is 2. The SMILES string of the molecule is N=C(I)c1c(N)ncnc1NC1CCC(=O)CC1. The molecule has 1 fully saturated rings. The van der Waals surface area contributed by atoms with E-state index in [0.717, 1.165) is 12.8 Å². The Morgan fingerprint density at radius 3 is 2.72 bits per heavy atom. The van der Waals surface area contributed by atoms with Crippen LogP contribution in [-0.2, 0) is 4.79 Å². The van der Waals surface area contributed by atoms with Crippen LogP contribution in [0.1, 0.15) is 31.2 Å². The highest BCUT2D eigenvalue weighted by Crippen LogP contribution is 2.24. The first-order valence-corrected chi connectivity index (χ1v) is 6.79. The second-order valence-corrected chi connectivity index (χ2v) is 5.33. The summed E-state index contributed by atoms with van der Waals surface area (Å²) in [6.45, 7) is 0. The molecule has 0 amide bonds. The molecule has 0 aromatic carbocycles. The molecule has 7 heteroatoms. The van der Waals surface area contributed by atoms with Gasteiger partial charge >= 0.3 is 0 Å². The number of nitrogens with one attached hydrogen (secondary N) is 2. The molecule has 1 saturated carbocycles. The van der Waals surface area contributed by atoms with Crippen LogP contribution in [0.4, 0.5) is 11.6 Å². The molecule has 0 radical (unpaired) electrons. The smallest absolute Gasteiger partial charge is 0.141 e. The molecule has 0 unspecified atom stereocenters. The molecule has 4 N–H and O–H groups in total. The highest BCUT2D eigenvalue weighted by Gasteiger charge is 2.21. The number of aromatic nitrogens is 2. The fraction of sp³-hybridized carbons (Fsp3) is 0.455. The lowest BCUT2D eigenvalue weighted by atomic mass is 9.94. The summed E-state index contributed by atoms with van der Waals surface area (Å²) in [5.74, 6) is 1.21. The van der Waals surface area contributed by atoms with Crippen LogP contribution in [0.2, 0.25) is 0 Å². The van der Waals surface area contributed by atoms with Crippen molar-refractivity contribution in [2.45, 2.75) is 31.7 Å². The van der Waals surface area contributed by atoms with E-state index in [1.165, 1.54) is 6.33 Å². The standard InChI is InChI=1S/C11H14IN5O/c12-9(13)8-10(14)15-5-16-11(8)17-6-1-3-7(18)4-2-6/h5-6,13H,1-4H2,(H3,14,15,16,17). The molecular weight excluding hydrogens is 345 g/mol. The summed E-state index contributed by atoms with van der Waals surface area (Å²) in [5.41, 5.74) is 6.30. The molecule has 0 atom stereocenters. The van der Waals surface area contributed by atoms with Gasteiger partial charge in [0.05, 0.1) is 5.56 Å². The lowest BCUT2D eigenvalue weighted by Crippen LogP contribution is -2.27. The highest BCUT2D eigenvalue weighted by atomic mass is 127. The molecule has 1 aliphatic carbocycles. The maximum atomic E-state index is 11.2. The largest absolute Gasteiger partial charge is 0.383 e. The van der Waals surface area contributed by atoms with Crippen LogP contribution in [-0.4, -0.2) is 25.5 Å². The Morgan fingerprint density at radius 2 is 2.11 bits per heavy atom. The van der Waals surface area contributed by atoms with Crippen LogP contribution in [0.3, 0.4) is 0 Å². The average molecular weight is 359 g/mol. The summed E-state index contributed by atoms with van der Waals surface area (Å²) in [6.07, 6.45) is 4.20. The van der Waals surface area contributed by atoms with E-state index in [-0.39, 0.29) is 6.04 Å². The maximum absolute atomic E-state index is 11.2. The van der Waals surface area contributed by atoms with Gasteiger partial charge in [-0.15, -0.1) is 0 Å². The minimum absolute atomic E-state index is 0.214. The van der Waals surface area contributed by atoms with E-state index >= 15 is 0 Å². The number of carbonyl (C=O) groups is 1. The summed E-state index contributed by atoms with van der Waals surface area (Å²) >= 11 is 1.89. The Labute approximate surface area is 118 Å². The van der Waals surface area contributed by atoms with Gasteiger partial charge in [-0.1, -0.05) is 0 Å². The molecule has 1 aromatic rings. The summed E-state index contributed by atoms with van der Waals surface area (Å²) in [4.78, 5) is 19.2. The molecule has 1 aliphatic rings. The van der Waals surface area contributed by atoms with E-state index < -0.39 is 0 Å². The summed E-state index contributed by atoms with van der Waals surface area (Å²) in [6, 6.07) is 0.214. The predicted octanol–water partition coefficient (Wildman–Crippen LogP) is 1.74. The zero-order valence-electron chi connectivity index (χ0n) is 9.74. The molecular formula is C11H14IN5O. The number of ketones is 1. The van der Waals surface area contributed by atoms with Crippen LogP contribution >= 0.6 is 22.6 Å². The number of hydrogen-bond donors (Lipinski definition) is 3. The third-order valence-corrected chi connectivity index (χ3v) is 3.52.